The first kappa shape index (κ1) is 22.5. The lowest BCUT2D eigenvalue weighted by molar-refractivity contribution is -0.138. The van der Waals surface area contributed by atoms with Gasteiger partial charge in [-0.3, -0.25) is 9.69 Å². The minimum atomic E-state index is -0.896. The molecule has 0 radical (unpaired) electrons. The first-order chi connectivity index (χ1) is 11.8. The van der Waals surface area contributed by atoms with Crippen LogP contribution in [0.3, 0.4) is 0 Å². The molecule has 2 aromatic carbocycles. The van der Waals surface area contributed by atoms with Crippen LogP contribution in [0.2, 0.25) is 0 Å². The Morgan fingerprint density at radius 1 is 1.12 bits per heavy atom. The van der Waals surface area contributed by atoms with E-state index in [-0.39, 0.29) is 30.8 Å². The molecule has 0 bridgehead atoms. The van der Waals surface area contributed by atoms with Gasteiger partial charge in [0.15, 0.2) is 0 Å². The molecule has 1 atom stereocenters. The Kier molecular flexibility index (Phi) is 8.60. The summed E-state index contributed by atoms with van der Waals surface area (Å²) in [5.41, 5.74) is 2.02. The highest BCUT2D eigenvalue weighted by Crippen LogP contribution is 2.32. The molecule has 0 spiro atoms. The zero-order valence-electron chi connectivity index (χ0n) is 15.4. The lowest BCUT2D eigenvalue weighted by Gasteiger charge is -2.23. The molecule has 6 heteroatoms. The van der Waals surface area contributed by atoms with E-state index >= 15 is 0 Å². The van der Waals surface area contributed by atoms with Crippen molar-refractivity contribution in [3.8, 4) is 0 Å². The van der Waals surface area contributed by atoms with E-state index in [0.29, 0.717) is 10.8 Å². The largest absolute Gasteiger partial charge is 0.480 e. The second-order valence-corrected chi connectivity index (χ2v) is 7.62. The van der Waals surface area contributed by atoms with Crippen molar-refractivity contribution in [3.63, 3.8) is 0 Å². The van der Waals surface area contributed by atoms with Gasteiger partial charge in [0, 0.05) is 15.8 Å². The van der Waals surface area contributed by atoms with Crippen molar-refractivity contribution >= 4 is 30.1 Å². The van der Waals surface area contributed by atoms with Gasteiger partial charge in [-0.2, -0.15) is 0 Å². The molecular formula is C20H25ClFNO2S. The van der Waals surface area contributed by atoms with Crippen molar-refractivity contribution in [2.75, 3.05) is 13.6 Å². The van der Waals surface area contributed by atoms with Crippen molar-refractivity contribution < 1.29 is 14.3 Å². The number of aliphatic carboxylic acids is 1. The second kappa shape index (κ2) is 9.95. The number of halogens is 2. The van der Waals surface area contributed by atoms with Gasteiger partial charge in [-0.25, -0.2) is 4.39 Å². The van der Waals surface area contributed by atoms with E-state index in [1.807, 2.05) is 25.1 Å². The second-order valence-electron chi connectivity index (χ2n) is 6.50. The van der Waals surface area contributed by atoms with Gasteiger partial charge in [0.25, 0.3) is 0 Å². The average Bonchev–Trinajstić information content (AvgIpc) is 2.55. The Morgan fingerprint density at radius 3 is 2.19 bits per heavy atom. The number of hydrogen-bond donors (Lipinski definition) is 1. The summed E-state index contributed by atoms with van der Waals surface area (Å²) in [6.45, 7) is 6.07. The predicted octanol–water partition coefficient (Wildman–Crippen LogP) is 5.60. The number of nitrogens with zero attached hydrogens (tertiary/aromatic N) is 1. The molecule has 142 valence electrons. The Morgan fingerprint density at radius 2 is 1.69 bits per heavy atom. The maximum atomic E-state index is 14.5. The van der Waals surface area contributed by atoms with Crippen LogP contribution in [0.25, 0.3) is 0 Å². The lowest BCUT2D eigenvalue weighted by atomic mass is 10.0. The number of benzene rings is 2. The molecule has 0 fully saturated rings. The molecule has 0 amide bonds. The molecule has 0 aliphatic heterocycles. The third-order valence-electron chi connectivity index (χ3n) is 4.26. The molecular weight excluding hydrogens is 373 g/mol. The molecule has 0 aliphatic carbocycles. The molecule has 0 saturated heterocycles. The quantitative estimate of drug-likeness (QED) is 0.660. The van der Waals surface area contributed by atoms with Crippen molar-refractivity contribution in [3.05, 3.63) is 59.4 Å². The fourth-order valence-electron chi connectivity index (χ4n) is 2.51. The van der Waals surface area contributed by atoms with Crippen LogP contribution in [0.15, 0.2) is 52.3 Å². The molecule has 0 saturated carbocycles. The molecule has 1 N–H and O–H groups in total. The fourth-order valence-corrected chi connectivity index (χ4v) is 3.33. The summed E-state index contributed by atoms with van der Waals surface area (Å²) in [6.07, 6.45) is 0. The van der Waals surface area contributed by atoms with E-state index in [9.17, 15) is 9.18 Å². The van der Waals surface area contributed by atoms with Gasteiger partial charge in [0.1, 0.15) is 5.82 Å². The topological polar surface area (TPSA) is 40.5 Å². The van der Waals surface area contributed by atoms with Gasteiger partial charge in [-0.15, -0.1) is 12.4 Å². The summed E-state index contributed by atoms with van der Waals surface area (Å²) in [4.78, 5) is 14.0. The van der Waals surface area contributed by atoms with Gasteiger partial charge >= 0.3 is 5.97 Å². The zero-order chi connectivity index (χ0) is 18.6. The highest BCUT2D eigenvalue weighted by Gasteiger charge is 2.16. The maximum Gasteiger partial charge on any atom is 0.317 e. The van der Waals surface area contributed by atoms with Crippen LogP contribution in [0.5, 0.6) is 0 Å². The fraction of sp³-hybridized carbons (Fsp3) is 0.350. The predicted molar refractivity (Wildman–Crippen MR) is 107 cm³/mol. The number of hydrogen-bond acceptors (Lipinski definition) is 3. The van der Waals surface area contributed by atoms with Crippen molar-refractivity contribution in [2.24, 2.45) is 0 Å². The SMILES string of the molecule is CC(C)c1ccc(Sc2ccc(C(C)N(C)CC(=O)O)cc2F)cc1.Cl. The van der Waals surface area contributed by atoms with Crippen molar-refractivity contribution in [2.45, 2.75) is 42.5 Å². The Balaban J connectivity index is 0.00000338. The van der Waals surface area contributed by atoms with Gasteiger partial charge < -0.3 is 5.11 Å². The molecule has 2 aromatic rings. The van der Waals surface area contributed by atoms with E-state index in [4.69, 9.17) is 5.11 Å². The van der Waals surface area contributed by atoms with E-state index < -0.39 is 5.97 Å². The van der Waals surface area contributed by atoms with Crippen LogP contribution < -0.4 is 0 Å². The number of likely N-dealkylation sites (N-methyl/N-ethyl adjacent to an activating group) is 1. The Bertz CT molecular complexity index is 737. The van der Waals surface area contributed by atoms with Crippen LogP contribution in [-0.2, 0) is 4.79 Å². The monoisotopic (exact) mass is 397 g/mol. The molecule has 3 nitrogen and oxygen atoms in total. The summed E-state index contributed by atoms with van der Waals surface area (Å²) in [5, 5.41) is 8.88. The standard InChI is InChI=1S/C20H24FNO2S.ClH/c1-13(2)15-5-8-17(9-6-15)25-19-10-7-16(11-18(19)21)14(3)22(4)12-20(23)24;/h5-11,13-14H,12H2,1-4H3,(H,23,24);1H. The Hall–Kier alpha value is -1.56. The summed E-state index contributed by atoms with van der Waals surface area (Å²) < 4.78 is 14.5. The molecule has 26 heavy (non-hydrogen) atoms. The lowest BCUT2D eigenvalue weighted by Crippen LogP contribution is -2.28. The minimum Gasteiger partial charge on any atom is -0.480 e. The summed E-state index contributed by atoms with van der Waals surface area (Å²) in [5.74, 6) is -0.711. The van der Waals surface area contributed by atoms with Gasteiger partial charge in [0.05, 0.1) is 6.54 Å². The van der Waals surface area contributed by atoms with E-state index in [0.717, 1.165) is 10.5 Å². The summed E-state index contributed by atoms with van der Waals surface area (Å²) in [7, 11) is 1.72. The number of carbonyl (C=O) groups is 1. The highest BCUT2D eigenvalue weighted by molar-refractivity contribution is 7.99. The number of carboxylic acid groups (broad SMARTS) is 1. The summed E-state index contributed by atoms with van der Waals surface area (Å²) in [6, 6.07) is 13.1. The third kappa shape index (κ3) is 6.01. The van der Waals surface area contributed by atoms with Gasteiger partial charge in [-0.05, 0) is 55.3 Å². The van der Waals surface area contributed by atoms with Gasteiger partial charge in [-0.1, -0.05) is 43.8 Å². The van der Waals surface area contributed by atoms with Gasteiger partial charge in [0.2, 0.25) is 0 Å². The van der Waals surface area contributed by atoms with Crippen LogP contribution in [0.1, 0.15) is 43.9 Å². The van der Waals surface area contributed by atoms with Crippen LogP contribution in [0, 0.1) is 5.82 Å². The molecule has 0 aromatic heterocycles. The van der Waals surface area contributed by atoms with Crippen LogP contribution in [-0.4, -0.2) is 29.6 Å². The first-order valence-corrected chi connectivity index (χ1v) is 9.09. The third-order valence-corrected chi connectivity index (χ3v) is 5.32. The van der Waals surface area contributed by atoms with E-state index in [2.05, 4.69) is 26.0 Å². The average molecular weight is 398 g/mol. The zero-order valence-corrected chi connectivity index (χ0v) is 17.0. The van der Waals surface area contributed by atoms with E-state index in [1.54, 1.807) is 18.0 Å². The summed E-state index contributed by atoms with van der Waals surface area (Å²) >= 11 is 1.39. The number of rotatable bonds is 7. The smallest absolute Gasteiger partial charge is 0.317 e. The Labute approximate surface area is 165 Å². The molecule has 0 aliphatic rings. The van der Waals surface area contributed by atoms with Crippen molar-refractivity contribution in [1.29, 1.82) is 0 Å². The van der Waals surface area contributed by atoms with Crippen LogP contribution in [0.4, 0.5) is 4.39 Å². The molecule has 1 unspecified atom stereocenters. The van der Waals surface area contributed by atoms with Crippen molar-refractivity contribution in [1.82, 2.24) is 4.90 Å². The normalized spacial score (nSPS) is 12.1. The van der Waals surface area contributed by atoms with E-state index in [1.165, 1.54) is 23.4 Å². The maximum absolute atomic E-state index is 14.5. The molecule has 0 heterocycles. The first-order valence-electron chi connectivity index (χ1n) is 8.27. The highest BCUT2D eigenvalue weighted by atomic mass is 35.5. The number of carboxylic acids is 1. The minimum absolute atomic E-state index is 0. The van der Waals surface area contributed by atoms with Crippen LogP contribution >= 0.6 is 24.2 Å². The molecule has 2 rings (SSSR count).